The van der Waals surface area contributed by atoms with Gasteiger partial charge in [0.05, 0.1) is 12.8 Å². The van der Waals surface area contributed by atoms with Crippen molar-refractivity contribution >= 4 is 5.97 Å². The number of methoxy groups -OCH3 is 1. The van der Waals surface area contributed by atoms with Gasteiger partial charge in [-0.3, -0.25) is 9.48 Å². The standard InChI is InChI=1S/C8H13N3O2/c1-11-7(3-4-10-11)6(5-9)8(12)13-2/h3-4,6H,5,9H2,1-2H3. The monoisotopic (exact) mass is 183 g/mol. The fourth-order valence-electron chi connectivity index (χ4n) is 1.21. The maximum Gasteiger partial charge on any atom is 0.316 e. The van der Waals surface area contributed by atoms with Gasteiger partial charge in [0.25, 0.3) is 0 Å². The second-order valence-electron chi connectivity index (χ2n) is 2.69. The highest BCUT2D eigenvalue weighted by atomic mass is 16.5. The first-order valence-electron chi connectivity index (χ1n) is 3.96. The molecule has 5 nitrogen and oxygen atoms in total. The Balaban J connectivity index is 2.90. The number of aromatic nitrogens is 2. The molecule has 0 bridgehead atoms. The zero-order chi connectivity index (χ0) is 9.84. The second-order valence-corrected chi connectivity index (χ2v) is 2.69. The predicted molar refractivity (Wildman–Crippen MR) is 47.0 cm³/mol. The van der Waals surface area contributed by atoms with E-state index in [1.54, 1.807) is 24.0 Å². The average Bonchev–Trinajstić information content (AvgIpc) is 2.53. The van der Waals surface area contributed by atoms with Crippen LogP contribution in [0.4, 0.5) is 0 Å². The number of esters is 1. The van der Waals surface area contributed by atoms with Crippen LogP contribution in [0.5, 0.6) is 0 Å². The van der Waals surface area contributed by atoms with E-state index in [2.05, 4.69) is 9.84 Å². The number of carbonyl (C=O) groups excluding carboxylic acids is 1. The van der Waals surface area contributed by atoms with Gasteiger partial charge in [-0.2, -0.15) is 5.10 Å². The zero-order valence-electron chi connectivity index (χ0n) is 7.73. The summed E-state index contributed by atoms with van der Waals surface area (Å²) in [5.74, 6) is -0.747. The van der Waals surface area contributed by atoms with Gasteiger partial charge >= 0.3 is 5.97 Å². The maximum atomic E-state index is 11.3. The first-order valence-corrected chi connectivity index (χ1v) is 3.96. The molecule has 0 saturated carbocycles. The molecule has 1 atom stereocenters. The molecule has 1 rings (SSSR count). The van der Waals surface area contributed by atoms with E-state index in [9.17, 15) is 4.79 Å². The minimum atomic E-state index is -0.419. The highest BCUT2D eigenvalue weighted by Crippen LogP contribution is 2.14. The van der Waals surface area contributed by atoms with Gasteiger partial charge in [-0.05, 0) is 6.07 Å². The van der Waals surface area contributed by atoms with Crippen LogP contribution >= 0.6 is 0 Å². The Morgan fingerprint density at radius 3 is 2.92 bits per heavy atom. The van der Waals surface area contributed by atoms with Crippen LogP contribution in [0.2, 0.25) is 0 Å². The van der Waals surface area contributed by atoms with Crippen molar-refractivity contribution in [2.24, 2.45) is 12.8 Å². The van der Waals surface area contributed by atoms with E-state index in [4.69, 9.17) is 5.73 Å². The third-order valence-electron chi connectivity index (χ3n) is 1.94. The largest absolute Gasteiger partial charge is 0.468 e. The lowest BCUT2D eigenvalue weighted by Gasteiger charge is -2.11. The molecule has 1 aromatic rings. The molecular weight excluding hydrogens is 170 g/mol. The topological polar surface area (TPSA) is 70.1 Å². The minimum Gasteiger partial charge on any atom is -0.468 e. The van der Waals surface area contributed by atoms with Gasteiger partial charge in [0.15, 0.2) is 0 Å². The number of hydrogen-bond donors (Lipinski definition) is 1. The summed E-state index contributed by atoms with van der Waals surface area (Å²) in [4.78, 5) is 11.3. The van der Waals surface area contributed by atoms with Crippen LogP contribution in [0.25, 0.3) is 0 Å². The highest BCUT2D eigenvalue weighted by Gasteiger charge is 2.22. The van der Waals surface area contributed by atoms with Crippen LogP contribution in [0.3, 0.4) is 0 Å². The van der Waals surface area contributed by atoms with Gasteiger partial charge in [0.2, 0.25) is 0 Å². The Morgan fingerprint density at radius 1 is 1.85 bits per heavy atom. The van der Waals surface area contributed by atoms with Crippen molar-refractivity contribution in [1.82, 2.24) is 9.78 Å². The summed E-state index contributed by atoms with van der Waals surface area (Å²) in [6, 6.07) is 1.76. The second kappa shape index (κ2) is 4.04. The fraction of sp³-hybridized carbons (Fsp3) is 0.500. The van der Waals surface area contributed by atoms with Crippen LogP contribution < -0.4 is 5.73 Å². The first-order chi connectivity index (χ1) is 6.20. The Bertz CT molecular complexity index is 295. The number of nitrogens with zero attached hydrogens (tertiary/aromatic N) is 2. The van der Waals surface area contributed by atoms with Crippen molar-refractivity contribution in [3.05, 3.63) is 18.0 Å². The highest BCUT2D eigenvalue weighted by molar-refractivity contribution is 5.77. The lowest BCUT2D eigenvalue weighted by Crippen LogP contribution is -2.24. The molecule has 0 spiro atoms. The van der Waals surface area contributed by atoms with E-state index in [-0.39, 0.29) is 12.5 Å². The van der Waals surface area contributed by atoms with Crippen molar-refractivity contribution in [2.45, 2.75) is 5.92 Å². The molecule has 2 N–H and O–H groups in total. The van der Waals surface area contributed by atoms with E-state index in [1.165, 1.54) is 7.11 Å². The van der Waals surface area contributed by atoms with Gasteiger partial charge in [0, 0.05) is 19.8 Å². The summed E-state index contributed by atoms with van der Waals surface area (Å²) in [7, 11) is 3.11. The molecule has 1 unspecified atom stereocenters. The summed E-state index contributed by atoms with van der Waals surface area (Å²) in [5.41, 5.74) is 6.24. The molecule has 0 aliphatic carbocycles. The van der Waals surface area contributed by atoms with E-state index in [0.29, 0.717) is 0 Å². The summed E-state index contributed by atoms with van der Waals surface area (Å²) in [6.07, 6.45) is 1.63. The number of aryl methyl sites for hydroxylation is 1. The van der Waals surface area contributed by atoms with Gasteiger partial charge in [-0.1, -0.05) is 0 Å². The van der Waals surface area contributed by atoms with E-state index >= 15 is 0 Å². The van der Waals surface area contributed by atoms with Gasteiger partial charge in [0.1, 0.15) is 5.92 Å². The van der Waals surface area contributed by atoms with Crippen molar-refractivity contribution in [1.29, 1.82) is 0 Å². The Hall–Kier alpha value is -1.36. The summed E-state index contributed by atoms with van der Waals surface area (Å²) < 4.78 is 6.24. The Morgan fingerprint density at radius 2 is 2.54 bits per heavy atom. The van der Waals surface area contributed by atoms with Gasteiger partial charge in [-0.15, -0.1) is 0 Å². The maximum absolute atomic E-state index is 11.3. The summed E-state index contributed by atoms with van der Waals surface area (Å²) in [5, 5.41) is 3.96. The molecule has 13 heavy (non-hydrogen) atoms. The van der Waals surface area contributed by atoms with Crippen molar-refractivity contribution < 1.29 is 9.53 Å². The van der Waals surface area contributed by atoms with Crippen molar-refractivity contribution in [3.8, 4) is 0 Å². The molecule has 0 aromatic carbocycles. The average molecular weight is 183 g/mol. The molecular formula is C8H13N3O2. The zero-order valence-corrected chi connectivity index (χ0v) is 7.73. The molecule has 0 fully saturated rings. The Labute approximate surface area is 76.5 Å². The molecule has 1 aromatic heterocycles. The van der Waals surface area contributed by atoms with Crippen molar-refractivity contribution in [2.75, 3.05) is 13.7 Å². The van der Waals surface area contributed by atoms with Gasteiger partial charge < -0.3 is 10.5 Å². The van der Waals surface area contributed by atoms with Crippen LogP contribution in [-0.2, 0) is 16.6 Å². The van der Waals surface area contributed by atoms with Crippen LogP contribution in [0, 0.1) is 0 Å². The number of hydrogen-bond acceptors (Lipinski definition) is 4. The van der Waals surface area contributed by atoms with Gasteiger partial charge in [-0.25, -0.2) is 0 Å². The molecule has 0 saturated heterocycles. The number of nitrogens with two attached hydrogens (primary N) is 1. The quantitative estimate of drug-likeness (QED) is 0.649. The lowest BCUT2D eigenvalue weighted by atomic mass is 10.1. The predicted octanol–water partition coefficient (Wildman–Crippen LogP) is -0.365. The minimum absolute atomic E-state index is 0.228. The molecule has 1 heterocycles. The molecule has 72 valence electrons. The van der Waals surface area contributed by atoms with Crippen molar-refractivity contribution in [3.63, 3.8) is 0 Å². The number of rotatable bonds is 3. The smallest absolute Gasteiger partial charge is 0.316 e. The van der Waals surface area contributed by atoms with Crippen LogP contribution in [0.15, 0.2) is 12.3 Å². The lowest BCUT2D eigenvalue weighted by molar-refractivity contribution is -0.142. The van der Waals surface area contributed by atoms with E-state index in [1.807, 2.05) is 0 Å². The molecule has 0 aliphatic heterocycles. The SMILES string of the molecule is COC(=O)C(CN)c1ccnn1C. The third kappa shape index (κ3) is 1.86. The summed E-state index contributed by atoms with van der Waals surface area (Å²) >= 11 is 0. The molecule has 0 amide bonds. The van der Waals surface area contributed by atoms with E-state index < -0.39 is 5.92 Å². The van der Waals surface area contributed by atoms with E-state index in [0.717, 1.165) is 5.69 Å². The first kappa shape index (κ1) is 9.73. The van der Waals surface area contributed by atoms with Crippen LogP contribution in [0.1, 0.15) is 11.6 Å². The number of carbonyl (C=O) groups is 1. The normalized spacial score (nSPS) is 12.5. The van der Waals surface area contributed by atoms with Crippen LogP contribution in [-0.4, -0.2) is 29.4 Å². The molecule has 0 aliphatic rings. The third-order valence-corrected chi connectivity index (χ3v) is 1.94. The molecule has 5 heteroatoms. The Kier molecular flexibility index (Phi) is 3.02. The molecule has 0 radical (unpaired) electrons. The summed E-state index contributed by atoms with van der Waals surface area (Å²) in [6.45, 7) is 0.228. The fourth-order valence-corrected chi connectivity index (χ4v) is 1.21. The number of ether oxygens (including phenoxy) is 1.